The predicted molar refractivity (Wildman–Crippen MR) is 75.9 cm³/mol. The maximum Gasteiger partial charge on any atom is 0.134 e. The van der Waals surface area contributed by atoms with Gasteiger partial charge in [0.25, 0.3) is 0 Å². The minimum Gasteiger partial charge on any atom is -0.464 e. The summed E-state index contributed by atoms with van der Waals surface area (Å²) in [6.45, 7) is 0. The number of rotatable bonds is 1. The molecule has 2 heteroatoms. The molecule has 2 aromatic carbocycles. The molecule has 0 saturated carbocycles. The van der Waals surface area contributed by atoms with E-state index in [4.69, 9.17) is 4.42 Å². The molecule has 85 valence electrons. The van der Waals surface area contributed by atoms with Crippen LogP contribution in [0.15, 0.2) is 59.2 Å². The van der Waals surface area contributed by atoms with Gasteiger partial charge in [0.1, 0.15) is 11.8 Å². The van der Waals surface area contributed by atoms with Gasteiger partial charge >= 0.3 is 0 Å². The van der Waals surface area contributed by atoms with Crippen molar-refractivity contribution in [3.05, 3.63) is 60.9 Å². The summed E-state index contributed by atoms with van der Waals surface area (Å²) >= 11 is 1.75. The fourth-order valence-corrected chi connectivity index (χ4v) is 3.22. The summed E-state index contributed by atoms with van der Waals surface area (Å²) < 4.78 is 6.85. The molecule has 0 aliphatic carbocycles. The highest BCUT2D eigenvalue weighted by Gasteiger charge is 2.10. The van der Waals surface area contributed by atoms with Gasteiger partial charge in [0.05, 0.1) is 0 Å². The SMILES string of the molecule is [c]1c(-c2coc3ccccc23)sc2ccccc12. The average Bonchev–Trinajstić information content (AvgIpc) is 3.02. The van der Waals surface area contributed by atoms with E-state index in [2.05, 4.69) is 30.3 Å². The molecule has 0 spiro atoms. The van der Waals surface area contributed by atoms with Gasteiger partial charge in [0, 0.05) is 32.0 Å². The van der Waals surface area contributed by atoms with Gasteiger partial charge in [-0.3, -0.25) is 0 Å². The molecule has 2 heterocycles. The van der Waals surface area contributed by atoms with Crippen LogP contribution in [0.4, 0.5) is 0 Å². The topological polar surface area (TPSA) is 13.1 Å². The van der Waals surface area contributed by atoms with E-state index in [-0.39, 0.29) is 0 Å². The van der Waals surface area contributed by atoms with Crippen molar-refractivity contribution in [2.45, 2.75) is 0 Å². The Morgan fingerprint density at radius 3 is 2.72 bits per heavy atom. The fraction of sp³-hybridized carbons (Fsp3) is 0. The van der Waals surface area contributed by atoms with Crippen LogP contribution >= 0.6 is 11.3 Å². The zero-order valence-corrected chi connectivity index (χ0v) is 10.3. The lowest BCUT2D eigenvalue weighted by atomic mass is 10.1. The van der Waals surface area contributed by atoms with Crippen LogP contribution < -0.4 is 0 Å². The van der Waals surface area contributed by atoms with E-state index in [0.717, 1.165) is 21.4 Å². The number of thiophene rings is 1. The zero-order chi connectivity index (χ0) is 11.9. The van der Waals surface area contributed by atoms with Crippen LogP contribution in [0.2, 0.25) is 0 Å². The third kappa shape index (κ3) is 1.39. The number of benzene rings is 2. The van der Waals surface area contributed by atoms with E-state index in [0.29, 0.717) is 0 Å². The van der Waals surface area contributed by atoms with Crippen molar-refractivity contribution in [2.24, 2.45) is 0 Å². The normalized spacial score (nSPS) is 11.3. The van der Waals surface area contributed by atoms with Crippen molar-refractivity contribution in [1.29, 1.82) is 0 Å². The number of fused-ring (bicyclic) bond motifs is 2. The number of hydrogen-bond donors (Lipinski definition) is 0. The molecule has 2 aromatic heterocycles. The second kappa shape index (κ2) is 3.72. The first-order chi connectivity index (χ1) is 8.92. The van der Waals surface area contributed by atoms with Gasteiger partial charge in [-0.25, -0.2) is 0 Å². The van der Waals surface area contributed by atoms with E-state index in [9.17, 15) is 0 Å². The van der Waals surface area contributed by atoms with Crippen LogP contribution in [-0.4, -0.2) is 0 Å². The van der Waals surface area contributed by atoms with Crippen molar-refractivity contribution >= 4 is 32.4 Å². The quantitative estimate of drug-likeness (QED) is 0.456. The van der Waals surface area contributed by atoms with Crippen LogP contribution in [-0.2, 0) is 0 Å². The van der Waals surface area contributed by atoms with Crippen LogP contribution in [0.1, 0.15) is 0 Å². The molecule has 1 nitrogen and oxygen atoms in total. The largest absolute Gasteiger partial charge is 0.464 e. The number of hydrogen-bond acceptors (Lipinski definition) is 2. The molecular formula is C16H9OS. The number of para-hydroxylation sites is 1. The Labute approximate surface area is 108 Å². The molecule has 18 heavy (non-hydrogen) atoms. The highest BCUT2D eigenvalue weighted by atomic mass is 32.1. The van der Waals surface area contributed by atoms with Crippen molar-refractivity contribution < 1.29 is 4.42 Å². The van der Waals surface area contributed by atoms with Crippen molar-refractivity contribution in [3.8, 4) is 10.4 Å². The van der Waals surface area contributed by atoms with Gasteiger partial charge in [-0.1, -0.05) is 36.4 Å². The second-order valence-electron chi connectivity index (χ2n) is 4.20. The molecule has 0 N–H and O–H groups in total. The molecule has 0 saturated heterocycles. The van der Waals surface area contributed by atoms with Gasteiger partial charge in [0.15, 0.2) is 0 Å². The maximum atomic E-state index is 5.59. The van der Waals surface area contributed by atoms with Gasteiger partial charge in [0.2, 0.25) is 0 Å². The summed E-state index contributed by atoms with van der Waals surface area (Å²) in [4.78, 5) is 1.14. The molecule has 0 amide bonds. The monoisotopic (exact) mass is 249 g/mol. The van der Waals surface area contributed by atoms with Crippen LogP contribution in [0.25, 0.3) is 31.5 Å². The molecule has 4 rings (SSSR count). The first-order valence-electron chi connectivity index (χ1n) is 5.79. The van der Waals surface area contributed by atoms with Crippen LogP contribution in [0, 0.1) is 6.07 Å². The molecule has 1 radical (unpaired) electrons. The van der Waals surface area contributed by atoms with E-state index < -0.39 is 0 Å². The fourth-order valence-electron chi connectivity index (χ4n) is 2.19. The van der Waals surface area contributed by atoms with Crippen LogP contribution in [0.3, 0.4) is 0 Å². The summed E-state index contributed by atoms with van der Waals surface area (Å²) in [5, 5.41) is 2.32. The Kier molecular flexibility index (Phi) is 2.05. The summed E-state index contributed by atoms with van der Waals surface area (Å²) in [7, 11) is 0. The molecule has 4 aromatic rings. The first kappa shape index (κ1) is 9.92. The van der Waals surface area contributed by atoms with Crippen molar-refractivity contribution in [3.63, 3.8) is 0 Å². The van der Waals surface area contributed by atoms with Crippen molar-refractivity contribution in [2.75, 3.05) is 0 Å². The van der Waals surface area contributed by atoms with Gasteiger partial charge in [-0.15, -0.1) is 11.3 Å². The predicted octanol–water partition coefficient (Wildman–Crippen LogP) is 5.11. The summed E-state index contributed by atoms with van der Waals surface area (Å²) in [6, 6.07) is 19.9. The summed E-state index contributed by atoms with van der Waals surface area (Å²) in [5.74, 6) is 0. The molecule has 0 fully saturated rings. The molecule has 0 atom stereocenters. The Hall–Kier alpha value is -2.06. The van der Waals surface area contributed by atoms with Crippen molar-refractivity contribution in [1.82, 2.24) is 0 Å². The van der Waals surface area contributed by atoms with E-state index in [1.165, 1.54) is 10.1 Å². The average molecular weight is 249 g/mol. The molecule has 0 aliphatic rings. The lowest BCUT2D eigenvalue weighted by Crippen LogP contribution is -1.67. The van der Waals surface area contributed by atoms with E-state index in [1.807, 2.05) is 30.5 Å². The molecule has 0 bridgehead atoms. The Balaban J connectivity index is 2.01. The third-order valence-corrected chi connectivity index (χ3v) is 4.17. The van der Waals surface area contributed by atoms with E-state index >= 15 is 0 Å². The van der Waals surface area contributed by atoms with Gasteiger partial charge in [-0.2, -0.15) is 0 Å². The highest BCUT2D eigenvalue weighted by Crippen LogP contribution is 2.37. The summed E-state index contributed by atoms with van der Waals surface area (Å²) in [5.41, 5.74) is 2.06. The van der Waals surface area contributed by atoms with Crippen LogP contribution in [0.5, 0.6) is 0 Å². The smallest absolute Gasteiger partial charge is 0.134 e. The Morgan fingerprint density at radius 1 is 0.944 bits per heavy atom. The molecule has 0 unspecified atom stereocenters. The highest BCUT2D eigenvalue weighted by molar-refractivity contribution is 7.22. The maximum absolute atomic E-state index is 5.59. The standard InChI is InChI=1S/C16H9OS/c1-4-8-15-11(5-1)9-16(18-15)13-10-17-14-7-3-2-6-12(13)14/h1-8,10H. The number of furan rings is 1. The minimum atomic E-state index is 0.929. The molecular weight excluding hydrogens is 240 g/mol. The zero-order valence-electron chi connectivity index (χ0n) is 9.51. The lowest BCUT2D eigenvalue weighted by molar-refractivity contribution is 0.617. The lowest BCUT2D eigenvalue weighted by Gasteiger charge is -1.91. The minimum absolute atomic E-state index is 0.929. The Morgan fingerprint density at radius 2 is 1.78 bits per heavy atom. The first-order valence-corrected chi connectivity index (χ1v) is 6.61. The summed E-state index contributed by atoms with van der Waals surface area (Å²) in [6.07, 6.45) is 1.83. The molecule has 0 aliphatic heterocycles. The third-order valence-electron chi connectivity index (χ3n) is 3.07. The Bertz CT molecular complexity index is 805. The second-order valence-corrected chi connectivity index (χ2v) is 5.25. The van der Waals surface area contributed by atoms with E-state index in [1.54, 1.807) is 11.3 Å². The van der Waals surface area contributed by atoms with Gasteiger partial charge < -0.3 is 4.42 Å². The van der Waals surface area contributed by atoms with Gasteiger partial charge in [-0.05, 0) is 12.1 Å².